The number of methoxy groups -OCH3 is 1. The molecule has 1 heterocycles. The average molecular weight is 329 g/mol. The predicted octanol–water partition coefficient (Wildman–Crippen LogP) is 1.57. The van der Waals surface area contributed by atoms with Crippen LogP contribution in [-0.4, -0.2) is 36.1 Å². The summed E-state index contributed by atoms with van der Waals surface area (Å²) in [7, 11) is 3.19. The van der Waals surface area contributed by atoms with Crippen molar-refractivity contribution in [3.8, 4) is 6.01 Å². The first-order chi connectivity index (χ1) is 9.15. The molecule has 1 aromatic heterocycles. The van der Waals surface area contributed by atoms with Crippen LogP contribution >= 0.6 is 15.9 Å². The molecule has 2 atom stereocenters. The Morgan fingerprint density at radius 3 is 3.00 bits per heavy atom. The summed E-state index contributed by atoms with van der Waals surface area (Å²) < 4.78 is 5.77. The van der Waals surface area contributed by atoms with Crippen molar-refractivity contribution in [3.63, 3.8) is 0 Å². The third kappa shape index (κ3) is 3.15. The van der Waals surface area contributed by atoms with E-state index in [9.17, 15) is 4.79 Å². The maximum atomic E-state index is 11.8. The lowest BCUT2D eigenvalue weighted by Gasteiger charge is -2.20. The number of carbonyl (C=O) groups is 1. The minimum Gasteiger partial charge on any atom is -0.467 e. The van der Waals surface area contributed by atoms with Gasteiger partial charge in [0.25, 0.3) is 0 Å². The molecule has 2 unspecified atom stereocenters. The molecule has 104 valence electrons. The monoisotopic (exact) mass is 328 g/mol. The number of hydrogen-bond donors (Lipinski definition) is 2. The number of rotatable bonds is 4. The zero-order valence-corrected chi connectivity index (χ0v) is 12.5. The summed E-state index contributed by atoms with van der Waals surface area (Å²) in [4.78, 5) is 20.1. The van der Waals surface area contributed by atoms with Crippen molar-refractivity contribution in [3.05, 3.63) is 10.7 Å². The number of nitrogens with zero attached hydrogens (tertiary/aromatic N) is 2. The van der Waals surface area contributed by atoms with Crippen LogP contribution in [0.4, 0.5) is 5.82 Å². The molecule has 6 nitrogen and oxygen atoms in total. The van der Waals surface area contributed by atoms with Crippen LogP contribution in [0.3, 0.4) is 0 Å². The van der Waals surface area contributed by atoms with Crippen LogP contribution in [0.5, 0.6) is 6.01 Å². The molecule has 1 aromatic rings. The number of aromatic nitrogens is 2. The standard InChI is InChI=1S/C12H17BrN4O2/c1-14-11(18)7-4-3-5-9(7)16-10-8(13)6-15-12(17-10)19-2/h6-7,9H,3-5H2,1-2H3,(H,14,18)(H,15,16,17). The lowest BCUT2D eigenvalue weighted by atomic mass is 10.0. The molecule has 1 fully saturated rings. The predicted molar refractivity (Wildman–Crippen MR) is 75.1 cm³/mol. The van der Waals surface area contributed by atoms with Gasteiger partial charge in [-0.15, -0.1) is 0 Å². The minimum atomic E-state index is -0.0159. The van der Waals surface area contributed by atoms with E-state index in [-0.39, 0.29) is 17.9 Å². The third-order valence-electron chi connectivity index (χ3n) is 3.33. The topological polar surface area (TPSA) is 76.1 Å². The van der Waals surface area contributed by atoms with E-state index in [1.54, 1.807) is 13.2 Å². The molecule has 0 aliphatic heterocycles. The second kappa shape index (κ2) is 6.18. The number of hydrogen-bond acceptors (Lipinski definition) is 5. The number of anilines is 1. The van der Waals surface area contributed by atoms with Gasteiger partial charge < -0.3 is 15.4 Å². The van der Waals surface area contributed by atoms with Crippen molar-refractivity contribution >= 4 is 27.7 Å². The smallest absolute Gasteiger partial charge is 0.318 e. The molecule has 1 amide bonds. The maximum Gasteiger partial charge on any atom is 0.318 e. The van der Waals surface area contributed by atoms with E-state index in [0.29, 0.717) is 11.8 Å². The van der Waals surface area contributed by atoms with Crippen LogP contribution in [0.1, 0.15) is 19.3 Å². The van der Waals surface area contributed by atoms with Crippen LogP contribution in [-0.2, 0) is 4.79 Å². The Morgan fingerprint density at radius 2 is 2.32 bits per heavy atom. The molecule has 7 heteroatoms. The van der Waals surface area contributed by atoms with E-state index in [1.807, 2.05) is 0 Å². The minimum absolute atomic E-state index is 0.0159. The van der Waals surface area contributed by atoms with E-state index in [0.717, 1.165) is 23.7 Å². The summed E-state index contributed by atoms with van der Waals surface area (Å²) in [6.07, 6.45) is 4.53. The molecule has 0 bridgehead atoms. The highest BCUT2D eigenvalue weighted by Gasteiger charge is 2.33. The second-order valence-electron chi connectivity index (χ2n) is 4.46. The molecule has 2 rings (SSSR count). The van der Waals surface area contributed by atoms with Crippen molar-refractivity contribution in [1.82, 2.24) is 15.3 Å². The van der Waals surface area contributed by atoms with Crippen LogP contribution in [0.15, 0.2) is 10.7 Å². The van der Waals surface area contributed by atoms with Crippen molar-refractivity contribution in [1.29, 1.82) is 0 Å². The molecule has 0 aromatic carbocycles. The van der Waals surface area contributed by atoms with Gasteiger partial charge in [0.15, 0.2) is 0 Å². The Bertz CT molecular complexity index is 469. The molecule has 0 saturated heterocycles. The number of nitrogens with one attached hydrogen (secondary N) is 2. The maximum absolute atomic E-state index is 11.8. The van der Waals surface area contributed by atoms with Crippen LogP contribution < -0.4 is 15.4 Å². The number of carbonyl (C=O) groups excluding carboxylic acids is 1. The molecule has 1 aliphatic carbocycles. The zero-order chi connectivity index (χ0) is 13.8. The van der Waals surface area contributed by atoms with Crippen LogP contribution in [0.2, 0.25) is 0 Å². The summed E-state index contributed by atoms with van der Waals surface area (Å²) >= 11 is 3.40. The van der Waals surface area contributed by atoms with Gasteiger partial charge in [-0.05, 0) is 28.8 Å². The fraction of sp³-hybridized carbons (Fsp3) is 0.583. The van der Waals surface area contributed by atoms with Crippen LogP contribution in [0.25, 0.3) is 0 Å². The Kier molecular flexibility index (Phi) is 4.57. The van der Waals surface area contributed by atoms with Gasteiger partial charge in [-0.2, -0.15) is 4.98 Å². The lowest BCUT2D eigenvalue weighted by Crippen LogP contribution is -2.36. The Hall–Kier alpha value is -1.37. The van der Waals surface area contributed by atoms with Crippen molar-refractivity contribution < 1.29 is 9.53 Å². The summed E-state index contributed by atoms with van der Waals surface area (Å²) in [6, 6.07) is 0.399. The van der Waals surface area contributed by atoms with Gasteiger partial charge in [0, 0.05) is 13.1 Å². The van der Waals surface area contributed by atoms with Crippen molar-refractivity contribution in [2.45, 2.75) is 25.3 Å². The molecular weight excluding hydrogens is 312 g/mol. The van der Waals surface area contributed by atoms with Gasteiger partial charge in [0.05, 0.1) is 23.7 Å². The summed E-state index contributed by atoms with van der Waals surface area (Å²) in [6.45, 7) is 0. The summed E-state index contributed by atoms with van der Waals surface area (Å²) in [5.41, 5.74) is 0. The second-order valence-corrected chi connectivity index (χ2v) is 5.31. The molecule has 19 heavy (non-hydrogen) atoms. The Balaban J connectivity index is 2.14. The first-order valence-electron chi connectivity index (χ1n) is 6.20. The highest BCUT2D eigenvalue weighted by molar-refractivity contribution is 9.10. The van der Waals surface area contributed by atoms with E-state index < -0.39 is 0 Å². The van der Waals surface area contributed by atoms with E-state index in [1.165, 1.54) is 7.11 Å². The molecule has 0 radical (unpaired) electrons. The summed E-state index contributed by atoms with van der Waals surface area (Å²) in [5, 5.41) is 6.02. The highest BCUT2D eigenvalue weighted by Crippen LogP contribution is 2.30. The Labute approximate surface area is 120 Å². The zero-order valence-electron chi connectivity index (χ0n) is 10.9. The van der Waals surface area contributed by atoms with Gasteiger partial charge in [-0.25, -0.2) is 4.98 Å². The van der Waals surface area contributed by atoms with Gasteiger partial charge >= 0.3 is 6.01 Å². The molecular formula is C12H17BrN4O2. The van der Waals surface area contributed by atoms with Gasteiger partial charge in [-0.1, -0.05) is 6.42 Å². The fourth-order valence-corrected chi connectivity index (χ4v) is 2.66. The molecule has 1 aliphatic rings. The Morgan fingerprint density at radius 1 is 1.53 bits per heavy atom. The average Bonchev–Trinajstić information content (AvgIpc) is 2.88. The first-order valence-corrected chi connectivity index (χ1v) is 6.99. The quantitative estimate of drug-likeness (QED) is 0.877. The van der Waals surface area contributed by atoms with Gasteiger partial charge in [-0.3, -0.25) is 4.79 Å². The highest BCUT2D eigenvalue weighted by atomic mass is 79.9. The van der Waals surface area contributed by atoms with Gasteiger partial charge in [0.2, 0.25) is 5.91 Å². The van der Waals surface area contributed by atoms with Crippen molar-refractivity contribution in [2.24, 2.45) is 5.92 Å². The first kappa shape index (κ1) is 14.0. The van der Waals surface area contributed by atoms with E-state index >= 15 is 0 Å². The SMILES string of the molecule is CNC(=O)C1CCCC1Nc1nc(OC)ncc1Br. The molecule has 0 spiro atoms. The lowest BCUT2D eigenvalue weighted by molar-refractivity contribution is -0.124. The fourth-order valence-electron chi connectivity index (χ4n) is 2.36. The normalized spacial score (nSPS) is 22.1. The summed E-state index contributed by atoms with van der Waals surface area (Å²) in [5.74, 6) is 0.720. The van der Waals surface area contributed by atoms with E-state index in [2.05, 4.69) is 36.5 Å². The molecule has 2 N–H and O–H groups in total. The molecule has 1 saturated carbocycles. The van der Waals surface area contributed by atoms with Crippen LogP contribution in [0, 0.1) is 5.92 Å². The largest absolute Gasteiger partial charge is 0.467 e. The van der Waals surface area contributed by atoms with Crippen molar-refractivity contribution in [2.75, 3.05) is 19.5 Å². The van der Waals surface area contributed by atoms with Gasteiger partial charge in [0.1, 0.15) is 5.82 Å². The van der Waals surface area contributed by atoms with E-state index in [4.69, 9.17) is 4.74 Å². The number of ether oxygens (including phenoxy) is 1. The third-order valence-corrected chi connectivity index (χ3v) is 3.91. The number of amides is 1. The number of halogens is 1.